The van der Waals surface area contributed by atoms with Crippen LogP contribution in [-0.2, 0) is 9.53 Å². The Morgan fingerprint density at radius 2 is 1.48 bits per heavy atom. The number of ether oxygens (including phenoxy) is 1. The lowest BCUT2D eigenvalue weighted by Crippen LogP contribution is -2.20. The van der Waals surface area contributed by atoms with Gasteiger partial charge in [-0.25, -0.2) is 4.79 Å². The highest BCUT2D eigenvalue weighted by atomic mass is 16.5. The average molecular weight is 418 g/mol. The van der Waals surface area contributed by atoms with Crippen LogP contribution in [0.2, 0.25) is 0 Å². The van der Waals surface area contributed by atoms with E-state index >= 15 is 0 Å². The van der Waals surface area contributed by atoms with E-state index in [1.54, 1.807) is 13.0 Å². The summed E-state index contributed by atoms with van der Waals surface area (Å²) in [5.41, 5.74) is 6.68. The molecule has 0 spiro atoms. The van der Waals surface area contributed by atoms with Crippen molar-refractivity contribution in [2.75, 3.05) is 6.61 Å². The monoisotopic (exact) mass is 418 g/mol. The second kappa shape index (κ2) is 9.04. The molecule has 0 radical (unpaired) electrons. The van der Waals surface area contributed by atoms with Crippen LogP contribution >= 0.6 is 0 Å². The third-order valence-electron chi connectivity index (χ3n) is 5.78. The highest BCUT2D eigenvalue weighted by molar-refractivity contribution is 6.16. The van der Waals surface area contributed by atoms with Crippen LogP contribution < -0.4 is 0 Å². The topological polar surface area (TPSA) is 87.0 Å². The van der Waals surface area contributed by atoms with Gasteiger partial charge in [0.2, 0.25) is 5.78 Å². The summed E-state index contributed by atoms with van der Waals surface area (Å²) in [6, 6.07) is 9.30. The highest BCUT2D eigenvalue weighted by Crippen LogP contribution is 2.26. The number of tetrazole rings is 1. The van der Waals surface area contributed by atoms with Crippen molar-refractivity contribution in [1.29, 1.82) is 0 Å². The van der Waals surface area contributed by atoms with Crippen molar-refractivity contribution in [2.24, 2.45) is 0 Å². The van der Waals surface area contributed by atoms with Gasteiger partial charge in [-0.1, -0.05) is 30.3 Å². The van der Waals surface area contributed by atoms with Crippen LogP contribution in [0, 0.1) is 41.5 Å². The van der Waals surface area contributed by atoms with Crippen LogP contribution in [0.5, 0.6) is 0 Å². The van der Waals surface area contributed by atoms with Gasteiger partial charge >= 0.3 is 5.97 Å². The quantitative estimate of drug-likeness (QED) is 0.342. The van der Waals surface area contributed by atoms with Gasteiger partial charge in [0.15, 0.2) is 18.1 Å². The Labute approximate surface area is 181 Å². The molecule has 0 aliphatic rings. The Bertz CT molecular complexity index is 1150. The van der Waals surface area contributed by atoms with Gasteiger partial charge in [0.25, 0.3) is 0 Å². The molecular weight excluding hydrogens is 392 g/mol. The first kappa shape index (κ1) is 22.1. The number of benzene rings is 2. The molecule has 0 N–H and O–H groups in total. The molecule has 0 atom stereocenters. The molecule has 1 heterocycles. The zero-order valence-electron chi connectivity index (χ0n) is 18.7. The second-order valence-electron chi connectivity index (χ2n) is 7.58. The third kappa shape index (κ3) is 4.45. The van der Waals surface area contributed by atoms with Crippen molar-refractivity contribution in [1.82, 2.24) is 20.2 Å². The van der Waals surface area contributed by atoms with Gasteiger partial charge in [0.05, 0.1) is 0 Å². The molecule has 31 heavy (non-hydrogen) atoms. The van der Waals surface area contributed by atoms with Crippen molar-refractivity contribution < 1.29 is 14.3 Å². The molecule has 0 saturated carbocycles. The number of carbonyl (C=O) groups is 2. The van der Waals surface area contributed by atoms with E-state index in [-0.39, 0.29) is 18.1 Å². The highest BCUT2D eigenvalue weighted by Gasteiger charge is 2.22. The van der Waals surface area contributed by atoms with Gasteiger partial charge in [-0.3, -0.25) is 4.79 Å². The molecule has 0 bridgehead atoms. The zero-order chi connectivity index (χ0) is 22.7. The molecule has 0 fully saturated rings. The predicted octanol–water partition coefficient (Wildman–Crippen LogP) is 3.95. The molecule has 7 heteroatoms. The van der Waals surface area contributed by atoms with Crippen molar-refractivity contribution in [3.05, 3.63) is 75.1 Å². The fourth-order valence-electron chi connectivity index (χ4n) is 3.56. The minimum atomic E-state index is -0.677. The molecule has 3 rings (SSSR count). The summed E-state index contributed by atoms with van der Waals surface area (Å²) in [5, 5.41) is 11.3. The summed E-state index contributed by atoms with van der Waals surface area (Å²) < 4.78 is 6.72. The van der Waals surface area contributed by atoms with Crippen LogP contribution in [0.15, 0.2) is 30.3 Å². The Kier molecular flexibility index (Phi) is 6.44. The number of aromatic nitrogens is 4. The second-order valence-corrected chi connectivity index (χ2v) is 7.58. The first-order valence-corrected chi connectivity index (χ1v) is 10.0. The fourth-order valence-corrected chi connectivity index (χ4v) is 3.56. The maximum Gasteiger partial charge on any atom is 0.357 e. The molecule has 3 aromatic rings. The first-order chi connectivity index (χ1) is 14.7. The van der Waals surface area contributed by atoms with Gasteiger partial charge in [0, 0.05) is 5.56 Å². The number of hydrogen-bond acceptors (Lipinski definition) is 6. The summed E-state index contributed by atoms with van der Waals surface area (Å²) in [4.78, 5) is 25.9. The van der Waals surface area contributed by atoms with Crippen LogP contribution in [0.4, 0.5) is 0 Å². The van der Waals surface area contributed by atoms with E-state index in [1.807, 2.05) is 65.0 Å². The number of rotatable bonds is 6. The maximum absolute atomic E-state index is 13.0. The molecule has 2 aromatic carbocycles. The standard InChI is InChI=1S/C24H26N4O3/c1-14-15(2)17(4)23(18(5)16(14)3)22(29)13-31-24(30)21(28-19(6)25-26-27-28)12-20-10-8-7-9-11-20/h7-12H,13H2,1-6H3/b21-12-. The van der Waals surface area contributed by atoms with Gasteiger partial charge in [-0.05, 0) is 91.4 Å². The number of carbonyl (C=O) groups excluding carboxylic acids is 2. The van der Waals surface area contributed by atoms with Gasteiger partial charge < -0.3 is 4.74 Å². The lowest BCUT2D eigenvalue weighted by atomic mass is 9.88. The molecule has 0 amide bonds. The van der Waals surface area contributed by atoms with Crippen LogP contribution in [0.3, 0.4) is 0 Å². The third-order valence-corrected chi connectivity index (χ3v) is 5.78. The van der Waals surface area contributed by atoms with E-state index in [0.717, 1.165) is 27.8 Å². The molecule has 0 unspecified atom stereocenters. The smallest absolute Gasteiger partial charge is 0.357 e. The Morgan fingerprint density at radius 1 is 0.903 bits per heavy atom. The number of esters is 1. The molecular formula is C24H26N4O3. The lowest BCUT2D eigenvalue weighted by Gasteiger charge is -2.18. The van der Waals surface area contributed by atoms with Gasteiger partial charge in [-0.15, -0.1) is 5.10 Å². The van der Waals surface area contributed by atoms with E-state index < -0.39 is 5.97 Å². The molecule has 0 saturated heterocycles. The summed E-state index contributed by atoms with van der Waals surface area (Å²) in [6.07, 6.45) is 1.63. The Balaban J connectivity index is 1.88. The molecule has 160 valence electrons. The predicted molar refractivity (Wildman–Crippen MR) is 119 cm³/mol. The van der Waals surface area contributed by atoms with Crippen molar-refractivity contribution >= 4 is 23.5 Å². The van der Waals surface area contributed by atoms with Crippen LogP contribution in [-0.4, -0.2) is 38.6 Å². The number of ketones is 1. The first-order valence-electron chi connectivity index (χ1n) is 10.0. The molecule has 7 nitrogen and oxygen atoms in total. The van der Waals surface area contributed by atoms with Gasteiger partial charge in [-0.2, -0.15) is 4.68 Å². The van der Waals surface area contributed by atoms with Gasteiger partial charge in [0.1, 0.15) is 0 Å². The lowest BCUT2D eigenvalue weighted by molar-refractivity contribution is -0.136. The normalized spacial score (nSPS) is 11.5. The molecule has 1 aromatic heterocycles. The fraction of sp³-hybridized carbons (Fsp3) is 0.292. The van der Waals surface area contributed by atoms with E-state index in [1.165, 1.54) is 10.2 Å². The van der Waals surface area contributed by atoms with Crippen molar-refractivity contribution in [3.8, 4) is 0 Å². The minimum absolute atomic E-state index is 0.131. The summed E-state index contributed by atoms with van der Waals surface area (Å²) in [7, 11) is 0. The average Bonchev–Trinajstić information content (AvgIpc) is 3.19. The number of nitrogens with zero attached hydrogens (tertiary/aromatic N) is 4. The Morgan fingerprint density at radius 3 is 2.03 bits per heavy atom. The van der Waals surface area contributed by atoms with Crippen LogP contribution in [0.25, 0.3) is 11.8 Å². The van der Waals surface area contributed by atoms with E-state index in [0.29, 0.717) is 11.4 Å². The minimum Gasteiger partial charge on any atom is -0.453 e. The van der Waals surface area contributed by atoms with Crippen LogP contribution in [0.1, 0.15) is 49.6 Å². The van der Waals surface area contributed by atoms with E-state index in [4.69, 9.17) is 4.74 Å². The largest absolute Gasteiger partial charge is 0.453 e. The summed E-state index contributed by atoms with van der Waals surface area (Å²) in [6.45, 7) is 11.2. The van der Waals surface area contributed by atoms with Crippen molar-refractivity contribution in [2.45, 2.75) is 41.5 Å². The van der Waals surface area contributed by atoms with E-state index in [2.05, 4.69) is 15.5 Å². The molecule has 0 aliphatic carbocycles. The summed E-state index contributed by atoms with van der Waals surface area (Å²) >= 11 is 0. The number of Topliss-reactive ketones (excluding diaryl/α,β-unsaturated/α-hetero) is 1. The van der Waals surface area contributed by atoms with Crippen molar-refractivity contribution in [3.63, 3.8) is 0 Å². The zero-order valence-corrected chi connectivity index (χ0v) is 18.7. The number of aryl methyl sites for hydroxylation is 1. The molecule has 0 aliphatic heterocycles. The van der Waals surface area contributed by atoms with E-state index in [9.17, 15) is 9.59 Å². The SMILES string of the molecule is Cc1c(C)c(C)c(C(=O)COC(=O)/C(=C/c2ccccc2)n2nnnc2C)c(C)c1C. The number of hydrogen-bond donors (Lipinski definition) is 0. The summed E-state index contributed by atoms with van der Waals surface area (Å²) in [5.74, 6) is -0.479. The maximum atomic E-state index is 13.0. The Hall–Kier alpha value is -3.61.